The topological polar surface area (TPSA) is 60.2 Å². The van der Waals surface area contributed by atoms with Crippen LogP contribution < -0.4 is 0 Å². The Hall–Kier alpha value is -2.09. The van der Waals surface area contributed by atoms with Crippen molar-refractivity contribution in [3.8, 4) is 6.07 Å². The Labute approximate surface area is 108 Å². The van der Waals surface area contributed by atoms with Gasteiger partial charge in [0.1, 0.15) is 0 Å². The van der Waals surface area contributed by atoms with Gasteiger partial charge in [-0.2, -0.15) is 5.26 Å². The summed E-state index contributed by atoms with van der Waals surface area (Å²) in [7, 11) is 1.75. The molecule has 1 heterocycles. The summed E-state index contributed by atoms with van der Waals surface area (Å²) in [5.74, 6) is 0. The Morgan fingerprint density at radius 1 is 1.56 bits per heavy atom. The van der Waals surface area contributed by atoms with Crippen molar-refractivity contribution >= 4 is 6.03 Å². The van der Waals surface area contributed by atoms with E-state index in [0.29, 0.717) is 26.1 Å². The molecule has 5 nitrogen and oxygen atoms in total. The second kappa shape index (κ2) is 7.28. The molecule has 96 valence electrons. The van der Waals surface area contributed by atoms with Crippen LogP contribution in [-0.2, 0) is 6.54 Å². The molecule has 0 bridgehead atoms. The van der Waals surface area contributed by atoms with Crippen LogP contribution in [0.5, 0.6) is 0 Å². The number of carbonyl (C=O) groups excluding carboxylic acids is 1. The van der Waals surface area contributed by atoms with E-state index in [4.69, 9.17) is 5.26 Å². The van der Waals surface area contributed by atoms with E-state index in [0.717, 1.165) is 5.56 Å². The van der Waals surface area contributed by atoms with Crippen molar-refractivity contribution in [2.75, 3.05) is 20.1 Å². The van der Waals surface area contributed by atoms with E-state index in [-0.39, 0.29) is 6.03 Å². The lowest BCUT2D eigenvalue weighted by Gasteiger charge is -2.26. The van der Waals surface area contributed by atoms with Crippen molar-refractivity contribution in [1.82, 2.24) is 14.8 Å². The molecule has 0 N–H and O–H groups in total. The number of nitrogens with zero attached hydrogens (tertiary/aromatic N) is 4. The second-order valence-corrected chi connectivity index (χ2v) is 3.99. The van der Waals surface area contributed by atoms with Gasteiger partial charge in [0.15, 0.2) is 0 Å². The fourth-order valence-electron chi connectivity index (χ4n) is 1.52. The average molecular weight is 246 g/mol. The first-order chi connectivity index (χ1) is 8.69. The van der Waals surface area contributed by atoms with Crippen molar-refractivity contribution in [3.63, 3.8) is 0 Å². The highest BCUT2D eigenvalue weighted by Gasteiger charge is 2.16. The summed E-state index contributed by atoms with van der Waals surface area (Å²) in [5.41, 5.74) is 0.966. The monoisotopic (exact) mass is 246 g/mol. The van der Waals surface area contributed by atoms with Gasteiger partial charge >= 0.3 is 6.03 Å². The van der Waals surface area contributed by atoms with Gasteiger partial charge < -0.3 is 9.80 Å². The average Bonchev–Trinajstić information content (AvgIpc) is 2.42. The molecular formula is C13H18N4O. The van der Waals surface area contributed by atoms with Gasteiger partial charge in [-0.15, -0.1) is 0 Å². The Balaban J connectivity index is 2.72. The van der Waals surface area contributed by atoms with Gasteiger partial charge in [0.2, 0.25) is 0 Å². The van der Waals surface area contributed by atoms with Crippen LogP contribution in [0.3, 0.4) is 0 Å². The number of urea groups is 1. The number of hydrogen-bond donors (Lipinski definition) is 0. The molecular weight excluding hydrogens is 228 g/mol. The standard InChI is InChI=1S/C13H18N4O/c1-3-16(2)13(18)17(9-5-7-14)11-12-6-4-8-15-10-12/h4,6,8,10H,3,5,9,11H2,1-2H3. The van der Waals surface area contributed by atoms with Gasteiger partial charge in [0.25, 0.3) is 0 Å². The van der Waals surface area contributed by atoms with E-state index < -0.39 is 0 Å². The molecule has 2 amide bonds. The van der Waals surface area contributed by atoms with Crippen LogP contribution in [0.15, 0.2) is 24.5 Å². The molecule has 0 radical (unpaired) electrons. The largest absolute Gasteiger partial charge is 0.328 e. The number of aromatic nitrogens is 1. The van der Waals surface area contributed by atoms with Gasteiger partial charge in [-0.3, -0.25) is 4.98 Å². The molecule has 0 spiro atoms. The fourth-order valence-corrected chi connectivity index (χ4v) is 1.52. The highest BCUT2D eigenvalue weighted by molar-refractivity contribution is 5.74. The molecule has 0 unspecified atom stereocenters. The summed E-state index contributed by atoms with van der Waals surface area (Å²) in [6, 6.07) is 5.77. The molecule has 0 saturated carbocycles. The molecule has 1 aromatic rings. The number of pyridine rings is 1. The maximum Gasteiger partial charge on any atom is 0.320 e. The van der Waals surface area contributed by atoms with Gasteiger partial charge in [-0.05, 0) is 18.6 Å². The first-order valence-corrected chi connectivity index (χ1v) is 5.95. The fraction of sp³-hybridized carbons (Fsp3) is 0.462. The Bertz CT molecular complexity index is 413. The Kier molecular flexibility index (Phi) is 5.65. The number of amides is 2. The predicted molar refractivity (Wildman–Crippen MR) is 68.6 cm³/mol. The molecule has 18 heavy (non-hydrogen) atoms. The first kappa shape index (κ1) is 14.0. The normalized spacial score (nSPS) is 9.61. The summed E-state index contributed by atoms with van der Waals surface area (Å²) in [6.45, 7) is 3.49. The smallest absolute Gasteiger partial charge is 0.320 e. The third-order valence-corrected chi connectivity index (χ3v) is 2.66. The Morgan fingerprint density at radius 3 is 2.89 bits per heavy atom. The third kappa shape index (κ3) is 4.06. The van der Waals surface area contributed by atoms with Crippen molar-refractivity contribution in [2.24, 2.45) is 0 Å². The third-order valence-electron chi connectivity index (χ3n) is 2.66. The molecule has 0 aliphatic rings. The number of nitriles is 1. The van der Waals surface area contributed by atoms with Crippen molar-refractivity contribution in [1.29, 1.82) is 5.26 Å². The number of carbonyl (C=O) groups is 1. The molecule has 0 aliphatic heterocycles. The van der Waals surface area contributed by atoms with E-state index in [1.54, 1.807) is 29.2 Å². The van der Waals surface area contributed by atoms with Crippen LogP contribution >= 0.6 is 0 Å². The predicted octanol–water partition coefficient (Wildman–Crippen LogP) is 1.87. The molecule has 5 heteroatoms. The minimum Gasteiger partial charge on any atom is -0.328 e. The minimum absolute atomic E-state index is 0.0587. The summed E-state index contributed by atoms with van der Waals surface area (Å²) in [6.07, 6.45) is 3.77. The number of hydrogen-bond acceptors (Lipinski definition) is 3. The molecule has 0 atom stereocenters. The van der Waals surface area contributed by atoms with E-state index in [1.165, 1.54) is 0 Å². The molecule has 0 saturated heterocycles. The molecule has 0 fully saturated rings. The molecule has 0 aliphatic carbocycles. The van der Waals surface area contributed by atoms with Gasteiger partial charge in [-0.25, -0.2) is 4.79 Å². The lowest BCUT2D eigenvalue weighted by Crippen LogP contribution is -2.41. The summed E-state index contributed by atoms with van der Waals surface area (Å²) >= 11 is 0. The number of rotatable bonds is 5. The van der Waals surface area contributed by atoms with Crippen molar-refractivity contribution in [3.05, 3.63) is 30.1 Å². The van der Waals surface area contributed by atoms with Crippen LogP contribution in [0.4, 0.5) is 4.79 Å². The highest BCUT2D eigenvalue weighted by atomic mass is 16.2. The zero-order valence-electron chi connectivity index (χ0n) is 10.8. The van der Waals surface area contributed by atoms with Crippen molar-refractivity contribution < 1.29 is 4.79 Å². The van der Waals surface area contributed by atoms with Gasteiger partial charge in [0, 0.05) is 39.1 Å². The lowest BCUT2D eigenvalue weighted by molar-refractivity contribution is 0.163. The second-order valence-electron chi connectivity index (χ2n) is 3.99. The van der Waals surface area contributed by atoms with E-state index >= 15 is 0 Å². The minimum atomic E-state index is -0.0587. The maximum absolute atomic E-state index is 12.1. The zero-order valence-corrected chi connectivity index (χ0v) is 10.8. The molecule has 0 aromatic carbocycles. The van der Waals surface area contributed by atoms with Crippen LogP contribution in [0.1, 0.15) is 18.9 Å². The summed E-state index contributed by atoms with van der Waals surface area (Å²) in [4.78, 5) is 19.4. The van der Waals surface area contributed by atoms with Crippen LogP contribution in [0.25, 0.3) is 0 Å². The van der Waals surface area contributed by atoms with Gasteiger partial charge in [-0.1, -0.05) is 6.07 Å². The zero-order chi connectivity index (χ0) is 13.4. The van der Waals surface area contributed by atoms with Crippen molar-refractivity contribution in [2.45, 2.75) is 19.9 Å². The van der Waals surface area contributed by atoms with Crippen LogP contribution in [0, 0.1) is 11.3 Å². The summed E-state index contributed by atoms with van der Waals surface area (Å²) in [5, 5.41) is 8.64. The lowest BCUT2D eigenvalue weighted by atomic mass is 10.2. The highest BCUT2D eigenvalue weighted by Crippen LogP contribution is 2.06. The van der Waals surface area contributed by atoms with E-state index in [9.17, 15) is 4.79 Å². The van der Waals surface area contributed by atoms with Crippen LogP contribution in [0.2, 0.25) is 0 Å². The van der Waals surface area contributed by atoms with E-state index in [1.807, 2.05) is 19.1 Å². The van der Waals surface area contributed by atoms with Gasteiger partial charge in [0.05, 0.1) is 12.5 Å². The maximum atomic E-state index is 12.1. The first-order valence-electron chi connectivity index (χ1n) is 5.95. The van der Waals surface area contributed by atoms with Crippen LogP contribution in [-0.4, -0.2) is 41.0 Å². The van der Waals surface area contributed by atoms with E-state index in [2.05, 4.69) is 11.1 Å². The SMILES string of the molecule is CCN(C)C(=O)N(CCC#N)Cc1cccnc1. The quantitative estimate of drug-likeness (QED) is 0.796. The molecule has 1 rings (SSSR count). The molecule has 1 aromatic heterocycles. The Morgan fingerprint density at radius 2 is 2.33 bits per heavy atom. The summed E-state index contributed by atoms with van der Waals surface area (Å²) < 4.78 is 0.